The van der Waals surface area contributed by atoms with E-state index in [4.69, 9.17) is 17.0 Å². The van der Waals surface area contributed by atoms with Crippen LogP contribution in [0.2, 0.25) is 5.02 Å². The van der Waals surface area contributed by atoms with Gasteiger partial charge in [-0.2, -0.15) is 5.10 Å². The maximum absolute atomic E-state index is 11.3. The Hall–Kier alpha value is -3.56. The zero-order chi connectivity index (χ0) is 19.9. The number of anilines is 1. The van der Waals surface area contributed by atoms with Crippen molar-refractivity contribution in [3.63, 3.8) is 0 Å². The van der Waals surface area contributed by atoms with Crippen LogP contribution in [-0.2, 0) is 4.74 Å². The predicted molar refractivity (Wildman–Crippen MR) is 104 cm³/mol. The quantitative estimate of drug-likeness (QED) is 0.473. The molecule has 9 nitrogen and oxygen atoms in total. The number of quaternary nitrogens is 1. The molecule has 2 aromatic heterocycles. The van der Waals surface area contributed by atoms with E-state index in [1.807, 2.05) is 6.07 Å². The van der Waals surface area contributed by atoms with Gasteiger partial charge in [-0.25, -0.2) is 14.8 Å². The molecule has 0 unspecified atom stereocenters. The minimum atomic E-state index is -0.608. The zero-order valence-corrected chi connectivity index (χ0v) is 15.6. The number of rotatable bonds is 6. The molecule has 0 aliphatic heterocycles. The molecule has 5 N–H and O–H groups in total. The van der Waals surface area contributed by atoms with E-state index in [1.54, 1.807) is 48.0 Å². The minimum absolute atomic E-state index is 0.195. The Morgan fingerprint density at radius 1 is 1.32 bits per heavy atom. The smallest absolute Gasteiger partial charge is 0.412 e. The number of hydrogen-bond donors (Lipinski definition) is 4. The van der Waals surface area contributed by atoms with Crippen LogP contribution in [0.4, 0.5) is 16.3 Å². The number of nitrogens with zero attached hydrogens (tertiary/aromatic N) is 3. The fourth-order valence-electron chi connectivity index (χ4n) is 2.38. The van der Waals surface area contributed by atoms with E-state index in [2.05, 4.69) is 30.2 Å². The summed E-state index contributed by atoms with van der Waals surface area (Å²) in [6.45, 7) is 0. The number of pyridine rings is 1. The fraction of sp³-hybridized carbons (Fsp3) is 0.0556. The van der Waals surface area contributed by atoms with E-state index in [1.165, 1.54) is 13.4 Å². The molecule has 0 saturated heterocycles. The Kier molecular flexibility index (Phi) is 6.10. The monoisotopic (exact) mass is 398 g/mol. The summed E-state index contributed by atoms with van der Waals surface area (Å²) in [5, 5.41) is 20.0. The van der Waals surface area contributed by atoms with Crippen LogP contribution in [0.1, 0.15) is 11.4 Å². The van der Waals surface area contributed by atoms with E-state index in [0.29, 0.717) is 27.8 Å². The van der Waals surface area contributed by atoms with Crippen LogP contribution in [0.15, 0.2) is 55.1 Å². The van der Waals surface area contributed by atoms with Gasteiger partial charge in [-0.3, -0.25) is 21.1 Å². The first-order valence-corrected chi connectivity index (χ1v) is 8.52. The molecule has 0 aliphatic rings. The summed E-state index contributed by atoms with van der Waals surface area (Å²) in [6.07, 6.45) is 4.04. The zero-order valence-electron chi connectivity index (χ0n) is 14.8. The third kappa shape index (κ3) is 4.58. The highest BCUT2D eigenvalue weighted by Gasteiger charge is 2.17. The number of H-pyrrole nitrogens is 1. The third-order valence-electron chi connectivity index (χ3n) is 3.72. The summed E-state index contributed by atoms with van der Waals surface area (Å²) in [6, 6.07) is 10.5. The number of nitrogens with one attached hydrogen (secondary N) is 3. The van der Waals surface area contributed by atoms with Crippen LogP contribution in [0.5, 0.6) is 0 Å². The molecule has 0 atom stereocenters. The Labute approximate surface area is 165 Å². The Balaban J connectivity index is 1.89. The molecule has 3 rings (SSSR count). The van der Waals surface area contributed by atoms with Crippen LogP contribution in [0.3, 0.4) is 0 Å². The normalized spacial score (nSPS) is 11.1. The second kappa shape index (κ2) is 8.89. The van der Waals surface area contributed by atoms with E-state index in [-0.39, 0.29) is 5.71 Å². The van der Waals surface area contributed by atoms with E-state index >= 15 is 0 Å². The number of halogens is 1. The number of aromatic nitrogens is 4. The molecule has 0 fully saturated rings. The van der Waals surface area contributed by atoms with Gasteiger partial charge in [0.25, 0.3) is 0 Å². The molecule has 2 heterocycles. The molecule has 0 bridgehead atoms. The number of aromatic amines is 1. The van der Waals surface area contributed by atoms with Crippen molar-refractivity contribution in [1.82, 2.24) is 20.2 Å². The fourth-order valence-corrected chi connectivity index (χ4v) is 2.61. The number of carbonyl (C=O) groups excluding carboxylic acids is 1. The average Bonchev–Trinajstić information content (AvgIpc) is 3.23. The molecule has 1 aromatic carbocycles. The minimum Gasteiger partial charge on any atom is -0.453 e. The molecule has 3 aromatic rings. The number of carbonyl (C=O) groups is 1. The topological polar surface area (TPSA) is 133 Å². The maximum Gasteiger partial charge on any atom is 0.412 e. The number of amides is 1. The second-order valence-electron chi connectivity index (χ2n) is 5.53. The number of allylic oxidation sites excluding steroid dienone is 1. The third-order valence-corrected chi connectivity index (χ3v) is 4.05. The van der Waals surface area contributed by atoms with Gasteiger partial charge < -0.3 is 4.74 Å². The highest BCUT2D eigenvalue weighted by molar-refractivity contribution is 6.39. The largest absolute Gasteiger partial charge is 0.453 e. The summed E-state index contributed by atoms with van der Waals surface area (Å²) in [7, 11) is 1.28. The standard InChI is InChI=1S/C18H16ClN7O2/c1-28-18(27)25-15-8-11(6-7-21-15)22-9-13(17-23-10-24-26-17)16(20)12-4-2-3-5-14(12)19/h2-10,20H,1H3,(H,23,24,26)(H2,21,22,25,27)/p+1/b13-9+,20-16?. The maximum atomic E-state index is 11.3. The van der Waals surface area contributed by atoms with Gasteiger partial charge in [0, 0.05) is 28.9 Å². The summed E-state index contributed by atoms with van der Waals surface area (Å²) in [5.41, 5.74) is 2.03. The number of nitrogens with two attached hydrogens (primary N) is 1. The molecule has 0 aliphatic carbocycles. The lowest BCUT2D eigenvalue weighted by Gasteiger charge is -2.08. The van der Waals surface area contributed by atoms with Crippen molar-refractivity contribution in [1.29, 1.82) is 5.41 Å². The van der Waals surface area contributed by atoms with Crippen LogP contribution in [0.25, 0.3) is 5.57 Å². The molecule has 0 radical (unpaired) electrons. The van der Waals surface area contributed by atoms with E-state index in [0.717, 1.165) is 5.69 Å². The van der Waals surface area contributed by atoms with Gasteiger partial charge in [0.15, 0.2) is 5.82 Å². The lowest BCUT2D eigenvalue weighted by Crippen LogP contribution is -2.71. The van der Waals surface area contributed by atoms with Gasteiger partial charge in [0.05, 0.1) is 18.4 Å². The molecule has 1 amide bonds. The first-order valence-electron chi connectivity index (χ1n) is 8.14. The highest BCUT2D eigenvalue weighted by Crippen LogP contribution is 2.22. The highest BCUT2D eigenvalue weighted by atomic mass is 35.5. The summed E-state index contributed by atoms with van der Waals surface area (Å²) in [5.74, 6) is 0.777. The summed E-state index contributed by atoms with van der Waals surface area (Å²) in [4.78, 5) is 19.5. The van der Waals surface area contributed by atoms with Crippen LogP contribution in [0, 0.1) is 5.41 Å². The SMILES string of the molecule is COC(=O)Nc1cc([NH2+]/C=C(\C(=N)c2ccccc2Cl)c2ncn[nH]2)ccn1. The van der Waals surface area contributed by atoms with Crippen LogP contribution < -0.4 is 10.6 Å². The van der Waals surface area contributed by atoms with Crippen molar-refractivity contribution >= 4 is 40.5 Å². The molecule has 142 valence electrons. The molecule has 0 spiro atoms. The number of hydrogen-bond acceptors (Lipinski definition) is 6. The lowest BCUT2D eigenvalue weighted by atomic mass is 10.0. The lowest BCUT2D eigenvalue weighted by molar-refractivity contribution is -0.495. The first kappa shape index (κ1) is 19.2. The van der Waals surface area contributed by atoms with Gasteiger partial charge in [-0.1, -0.05) is 29.8 Å². The Morgan fingerprint density at radius 2 is 2.14 bits per heavy atom. The van der Waals surface area contributed by atoms with E-state index < -0.39 is 6.09 Å². The van der Waals surface area contributed by atoms with E-state index in [9.17, 15) is 4.79 Å². The van der Waals surface area contributed by atoms with Gasteiger partial charge in [-0.05, 0) is 6.07 Å². The first-order chi connectivity index (χ1) is 13.6. The van der Waals surface area contributed by atoms with Crippen molar-refractivity contribution in [2.45, 2.75) is 0 Å². The van der Waals surface area contributed by atoms with Gasteiger partial charge >= 0.3 is 6.09 Å². The van der Waals surface area contributed by atoms with Crippen LogP contribution in [-0.4, -0.2) is 39.1 Å². The number of methoxy groups -OCH3 is 1. The Bertz CT molecular complexity index is 1020. The Morgan fingerprint density at radius 3 is 2.86 bits per heavy atom. The molecule has 0 saturated carbocycles. The van der Waals surface area contributed by atoms with Gasteiger partial charge in [0.1, 0.15) is 24.0 Å². The molecule has 10 heteroatoms. The molecule has 28 heavy (non-hydrogen) atoms. The van der Waals surface area contributed by atoms with Crippen molar-refractivity contribution < 1.29 is 14.8 Å². The average molecular weight is 399 g/mol. The van der Waals surface area contributed by atoms with Crippen molar-refractivity contribution in [3.8, 4) is 0 Å². The van der Waals surface area contributed by atoms with Crippen molar-refractivity contribution in [2.75, 3.05) is 12.4 Å². The van der Waals surface area contributed by atoms with Crippen molar-refractivity contribution in [2.24, 2.45) is 0 Å². The second-order valence-corrected chi connectivity index (χ2v) is 5.93. The summed E-state index contributed by atoms with van der Waals surface area (Å²) < 4.78 is 4.56. The number of ether oxygens (including phenoxy) is 1. The van der Waals surface area contributed by atoms with Gasteiger partial charge in [-0.15, -0.1) is 0 Å². The van der Waals surface area contributed by atoms with Crippen molar-refractivity contribution in [3.05, 3.63) is 71.5 Å². The molecular weight excluding hydrogens is 382 g/mol. The summed E-state index contributed by atoms with van der Waals surface area (Å²) >= 11 is 6.24. The number of benzene rings is 1. The molecular formula is C18H17ClN7O2+. The van der Waals surface area contributed by atoms with Crippen LogP contribution >= 0.6 is 11.6 Å². The predicted octanol–water partition coefficient (Wildman–Crippen LogP) is 2.34. The van der Waals surface area contributed by atoms with Gasteiger partial charge in [0.2, 0.25) is 0 Å².